The van der Waals surface area contributed by atoms with Crippen LogP contribution >= 0.6 is 0 Å². The van der Waals surface area contributed by atoms with Crippen LogP contribution in [0.1, 0.15) is 0 Å². The standard InChI is InChI=1S/C4H9NO3/c1-8-2-4(7)5-3-6/h3-4,7H,2H2,1H3,(H,5,6). The van der Waals surface area contributed by atoms with Crippen LogP contribution in [0, 0.1) is 0 Å². The number of hydrogen-bond acceptors (Lipinski definition) is 3. The normalized spacial score (nSPS) is 12.8. The number of carbonyl (C=O) groups is 1. The SMILES string of the molecule is COCC(O)NC=O. The van der Waals surface area contributed by atoms with Gasteiger partial charge in [0.15, 0.2) is 0 Å². The largest absolute Gasteiger partial charge is 0.380 e. The van der Waals surface area contributed by atoms with E-state index in [1.807, 2.05) is 0 Å². The van der Waals surface area contributed by atoms with Crippen LogP contribution in [0.4, 0.5) is 0 Å². The summed E-state index contributed by atoms with van der Waals surface area (Å²) in [7, 11) is 1.44. The molecule has 48 valence electrons. The van der Waals surface area contributed by atoms with Crippen molar-refractivity contribution in [3.63, 3.8) is 0 Å². The Morgan fingerprint density at radius 1 is 2.00 bits per heavy atom. The molecular formula is C4H9NO3. The second-order valence-electron chi connectivity index (χ2n) is 1.26. The van der Waals surface area contributed by atoms with E-state index >= 15 is 0 Å². The number of carbonyl (C=O) groups excluding carboxylic acids is 1. The summed E-state index contributed by atoms with van der Waals surface area (Å²) in [5, 5.41) is 10.7. The number of aliphatic hydroxyl groups is 1. The highest BCUT2D eigenvalue weighted by molar-refractivity contribution is 5.46. The highest BCUT2D eigenvalue weighted by Gasteiger charge is 1.96. The monoisotopic (exact) mass is 119 g/mol. The van der Waals surface area contributed by atoms with Gasteiger partial charge in [-0.1, -0.05) is 0 Å². The summed E-state index contributed by atoms with van der Waals surface area (Å²) in [5.41, 5.74) is 0. The van der Waals surface area contributed by atoms with Gasteiger partial charge in [-0.15, -0.1) is 0 Å². The van der Waals surface area contributed by atoms with Gasteiger partial charge in [-0.2, -0.15) is 0 Å². The van der Waals surface area contributed by atoms with Crippen LogP contribution in [0.3, 0.4) is 0 Å². The zero-order chi connectivity index (χ0) is 6.41. The second kappa shape index (κ2) is 4.55. The molecular weight excluding hydrogens is 110 g/mol. The van der Waals surface area contributed by atoms with Gasteiger partial charge < -0.3 is 15.2 Å². The van der Waals surface area contributed by atoms with Gasteiger partial charge in [-0.3, -0.25) is 4.79 Å². The van der Waals surface area contributed by atoms with E-state index in [2.05, 4.69) is 10.1 Å². The Morgan fingerprint density at radius 3 is 3.00 bits per heavy atom. The van der Waals surface area contributed by atoms with Gasteiger partial charge >= 0.3 is 0 Å². The maximum Gasteiger partial charge on any atom is 0.209 e. The minimum atomic E-state index is -0.877. The van der Waals surface area contributed by atoms with Crippen LogP contribution in [0.2, 0.25) is 0 Å². The molecule has 0 fully saturated rings. The lowest BCUT2D eigenvalue weighted by molar-refractivity contribution is -0.113. The van der Waals surface area contributed by atoms with Gasteiger partial charge in [0.1, 0.15) is 6.23 Å². The Labute approximate surface area is 47.5 Å². The topological polar surface area (TPSA) is 58.6 Å². The van der Waals surface area contributed by atoms with Crippen molar-refractivity contribution in [1.29, 1.82) is 0 Å². The molecule has 4 heteroatoms. The summed E-state index contributed by atoms with van der Waals surface area (Å²) in [6, 6.07) is 0. The lowest BCUT2D eigenvalue weighted by Crippen LogP contribution is -2.31. The molecule has 1 unspecified atom stereocenters. The van der Waals surface area contributed by atoms with Crippen molar-refractivity contribution in [2.45, 2.75) is 6.23 Å². The molecule has 0 bridgehead atoms. The molecule has 0 spiro atoms. The molecule has 0 aromatic carbocycles. The van der Waals surface area contributed by atoms with Crippen molar-refractivity contribution < 1.29 is 14.6 Å². The second-order valence-corrected chi connectivity index (χ2v) is 1.26. The number of aliphatic hydroxyl groups excluding tert-OH is 1. The molecule has 0 aromatic heterocycles. The van der Waals surface area contributed by atoms with E-state index in [0.29, 0.717) is 6.41 Å². The Hall–Kier alpha value is -0.610. The summed E-state index contributed by atoms with van der Waals surface area (Å²) < 4.78 is 4.48. The molecule has 1 atom stereocenters. The summed E-state index contributed by atoms with van der Waals surface area (Å²) in [4.78, 5) is 9.56. The van der Waals surface area contributed by atoms with E-state index in [1.54, 1.807) is 0 Å². The minimum absolute atomic E-state index is 0.124. The Morgan fingerprint density at radius 2 is 2.62 bits per heavy atom. The molecule has 2 N–H and O–H groups in total. The summed E-state index contributed by atoms with van der Waals surface area (Å²) in [6.07, 6.45) is -0.457. The number of hydrogen-bond donors (Lipinski definition) is 2. The van der Waals surface area contributed by atoms with Gasteiger partial charge in [0.2, 0.25) is 6.41 Å². The average Bonchev–Trinajstić information content (AvgIpc) is 1.68. The summed E-state index contributed by atoms with van der Waals surface area (Å²) in [6.45, 7) is 0.124. The predicted octanol–water partition coefficient (Wildman–Crippen LogP) is -1.30. The molecule has 0 heterocycles. The van der Waals surface area contributed by atoms with Crippen LogP contribution in [0.5, 0.6) is 0 Å². The third-order valence-corrected chi connectivity index (χ3v) is 0.585. The molecule has 0 aliphatic rings. The highest BCUT2D eigenvalue weighted by Crippen LogP contribution is 1.72. The van der Waals surface area contributed by atoms with E-state index in [1.165, 1.54) is 7.11 Å². The van der Waals surface area contributed by atoms with E-state index in [-0.39, 0.29) is 6.61 Å². The maximum absolute atomic E-state index is 9.56. The Balaban J connectivity index is 3.03. The Bertz CT molecular complexity index is 66.3. The zero-order valence-corrected chi connectivity index (χ0v) is 4.63. The van der Waals surface area contributed by atoms with E-state index in [9.17, 15) is 4.79 Å². The van der Waals surface area contributed by atoms with Crippen molar-refractivity contribution in [2.24, 2.45) is 0 Å². The molecule has 4 nitrogen and oxygen atoms in total. The molecule has 0 radical (unpaired) electrons. The van der Waals surface area contributed by atoms with Gasteiger partial charge in [0, 0.05) is 7.11 Å². The number of nitrogens with one attached hydrogen (secondary N) is 1. The molecule has 0 aromatic rings. The van der Waals surface area contributed by atoms with Gasteiger partial charge in [-0.05, 0) is 0 Å². The molecule has 0 rings (SSSR count). The van der Waals surface area contributed by atoms with Gasteiger partial charge in [-0.25, -0.2) is 0 Å². The van der Waals surface area contributed by atoms with Crippen LogP contribution in [-0.2, 0) is 9.53 Å². The van der Waals surface area contributed by atoms with Gasteiger partial charge in [0.05, 0.1) is 6.61 Å². The van der Waals surface area contributed by atoms with E-state index in [0.717, 1.165) is 0 Å². The first-order valence-corrected chi connectivity index (χ1v) is 2.18. The van der Waals surface area contributed by atoms with Gasteiger partial charge in [0.25, 0.3) is 0 Å². The fraction of sp³-hybridized carbons (Fsp3) is 0.750. The van der Waals surface area contributed by atoms with Crippen LogP contribution in [-0.4, -0.2) is 31.5 Å². The maximum atomic E-state index is 9.56. The van der Waals surface area contributed by atoms with Crippen molar-refractivity contribution in [2.75, 3.05) is 13.7 Å². The summed E-state index contributed by atoms with van der Waals surface area (Å²) >= 11 is 0. The molecule has 0 aliphatic heterocycles. The van der Waals surface area contributed by atoms with Crippen molar-refractivity contribution in [1.82, 2.24) is 5.32 Å². The van der Waals surface area contributed by atoms with Crippen LogP contribution in [0.15, 0.2) is 0 Å². The van der Waals surface area contributed by atoms with E-state index < -0.39 is 6.23 Å². The molecule has 0 aliphatic carbocycles. The number of methoxy groups -OCH3 is 1. The van der Waals surface area contributed by atoms with Crippen molar-refractivity contribution in [3.8, 4) is 0 Å². The first kappa shape index (κ1) is 7.39. The minimum Gasteiger partial charge on any atom is -0.380 e. The predicted molar refractivity (Wildman–Crippen MR) is 27.1 cm³/mol. The van der Waals surface area contributed by atoms with Crippen molar-refractivity contribution >= 4 is 6.41 Å². The fourth-order valence-corrected chi connectivity index (χ4v) is 0.285. The lowest BCUT2D eigenvalue weighted by atomic mass is 10.6. The first-order valence-electron chi connectivity index (χ1n) is 2.18. The van der Waals surface area contributed by atoms with Crippen LogP contribution < -0.4 is 5.32 Å². The molecule has 0 saturated carbocycles. The highest BCUT2D eigenvalue weighted by atomic mass is 16.5. The van der Waals surface area contributed by atoms with Crippen LogP contribution in [0.25, 0.3) is 0 Å². The Kier molecular flexibility index (Phi) is 4.20. The number of amides is 1. The molecule has 8 heavy (non-hydrogen) atoms. The smallest absolute Gasteiger partial charge is 0.209 e. The number of ether oxygens (including phenoxy) is 1. The van der Waals surface area contributed by atoms with Crippen molar-refractivity contribution in [3.05, 3.63) is 0 Å². The lowest BCUT2D eigenvalue weighted by Gasteiger charge is -2.05. The third kappa shape index (κ3) is 3.58. The molecule has 0 saturated heterocycles. The third-order valence-electron chi connectivity index (χ3n) is 0.585. The fourth-order valence-electron chi connectivity index (χ4n) is 0.285. The zero-order valence-electron chi connectivity index (χ0n) is 4.63. The summed E-state index contributed by atoms with van der Waals surface area (Å²) in [5.74, 6) is 0. The van der Waals surface area contributed by atoms with E-state index in [4.69, 9.17) is 5.11 Å². The quantitative estimate of drug-likeness (QED) is 0.357. The molecule has 1 amide bonds. The number of rotatable bonds is 4. The average molecular weight is 119 g/mol. The first-order chi connectivity index (χ1) is 3.81.